The lowest BCUT2D eigenvalue weighted by Gasteiger charge is -2.09. The van der Waals surface area contributed by atoms with Crippen LogP contribution in [0.25, 0.3) is 10.9 Å². The highest BCUT2D eigenvalue weighted by Gasteiger charge is 2.01. The zero-order valence-electron chi connectivity index (χ0n) is 10.3. The van der Waals surface area contributed by atoms with Gasteiger partial charge in [-0.15, -0.1) is 0 Å². The number of fused-ring (bicyclic) bond motifs is 1. The average molecular weight is 313 g/mol. The van der Waals surface area contributed by atoms with Crippen LogP contribution in [0.15, 0.2) is 65.3 Å². The molecule has 19 heavy (non-hydrogen) atoms. The van der Waals surface area contributed by atoms with Gasteiger partial charge in [0.25, 0.3) is 0 Å². The first kappa shape index (κ1) is 12.2. The van der Waals surface area contributed by atoms with Crippen molar-refractivity contribution in [1.29, 1.82) is 0 Å². The monoisotopic (exact) mass is 312 g/mol. The van der Waals surface area contributed by atoms with E-state index in [4.69, 9.17) is 0 Å². The number of rotatable bonds is 3. The van der Waals surface area contributed by atoms with Crippen LogP contribution in [0, 0.1) is 0 Å². The SMILES string of the molecule is Brc1cccc(CNc2cccc3cccnc23)c1. The summed E-state index contributed by atoms with van der Waals surface area (Å²) in [7, 11) is 0. The zero-order chi connectivity index (χ0) is 13.1. The summed E-state index contributed by atoms with van der Waals surface area (Å²) in [6.07, 6.45) is 1.83. The van der Waals surface area contributed by atoms with Gasteiger partial charge in [0, 0.05) is 22.6 Å². The molecule has 0 bridgehead atoms. The van der Waals surface area contributed by atoms with Gasteiger partial charge in [-0.3, -0.25) is 4.98 Å². The Labute approximate surface area is 120 Å². The molecule has 0 saturated heterocycles. The molecular weight excluding hydrogens is 300 g/mol. The fraction of sp³-hybridized carbons (Fsp3) is 0.0625. The molecular formula is C16H13BrN2. The highest BCUT2D eigenvalue weighted by atomic mass is 79.9. The van der Waals surface area contributed by atoms with E-state index in [2.05, 4.69) is 56.6 Å². The number of halogens is 1. The van der Waals surface area contributed by atoms with E-state index in [0.717, 1.165) is 27.6 Å². The number of hydrogen-bond donors (Lipinski definition) is 1. The summed E-state index contributed by atoms with van der Waals surface area (Å²) in [6.45, 7) is 0.787. The van der Waals surface area contributed by atoms with E-state index in [1.165, 1.54) is 5.56 Å². The van der Waals surface area contributed by atoms with Crippen LogP contribution in [-0.2, 0) is 6.54 Å². The lowest BCUT2D eigenvalue weighted by molar-refractivity contribution is 1.15. The van der Waals surface area contributed by atoms with Gasteiger partial charge in [-0.05, 0) is 29.8 Å². The van der Waals surface area contributed by atoms with Crippen LogP contribution < -0.4 is 5.32 Å². The number of benzene rings is 2. The van der Waals surface area contributed by atoms with Crippen molar-refractivity contribution in [3.8, 4) is 0 Å². The first-order valence-corrected chi connectivity index (χ1v) is 6.94. The lowest BCUT2D eigenvalue weighted by Crippen LogP contribution is -2.00. The summed E-state index contributed by atoms with van der Waals surface area (Å²) in [6, 6.07) is 18.5. The second-order valence-corrected chi connectivity index (χ2v) is 5.28. The van der Waals surface area contributed by atoms with Crippen LogP contribution in [0.1, 0.15) is 5.56 Å². The van der Waals surface area contributed by atoms with Gasteiger partial charge in [0.1, 0.15) is 0 Å². The molecule has 0 aliphatic heterocycles. The Morgan fingerprint density at radius 3 is 2.74 bits per heavy atom. The van der Waals surface area contributed by atoms with Crippen LogP contribution in [0.3, 0.4) is 0 Å². The number of anilines is 1. The van der Waals surface area contributed by atoms with E-state index in [0.29, 0.717) is 0 Å². The number of nitrogens with one attached hydrogen (secondary N) is 1. The van der Waals surface area contributed by atoms with E-state index < -0.39 is 0 Å². The Bertz CT molecular complexity index is 704. The van der Waals surface area contributed by atoms with Crippen molar-refractivity contribution in [2.45, 2.75) is 6.54 Å². The van der Waals surface area contributed by atoms with Crippen LogP contribution in [0.4, 0.5) is 5.69 Å². The minimum absolute atomic E-state index is 0.787. The smallest absolute Gasteiger partial charge is 0.0933 e. The summed E-state index contributed by atoms with van der Waals surface area (Å²) in [5, 5.41) is 4.60. The van der Waals surface area contributed by atoms with E-state index in [-0.39, 0.29) is 0 Å². The standard InChI is InChI=1S/C16H13BrN2/c17-14-7-1-4-12(10-14)11-19-15-8-2-5-13-6-3-9-18-16(13)15/h1-10,19H,11H2. The molecule has 0 fully saturated rings. The Morgan fingerprint density at radius 1 is 1.00 bits per heavy atom. The van der Waals surface area contributed by atoms with Crippen molar-refractivity contribution in [1.82, 2.24) is 4.98 Å². The molecule has 1 aromatic heterocycles. The van der Waals surface area contributed by atoms with Gasteiger partial charge in [-0.25, -0.2) is 0 Å². The van der Waals surface area contributed by atoms with Crippen molar-refractivity contribution in [3.63, 3.8) is 0 Å². The number of nitrogens with zero attached hydrogens (tertiary/aromatic N) is 1. The maximum absolute atomic E-state index is 4.44. The van der Waals surface area contributed by atoms with Crippen molar-refractivity contribution in [2.24, 2.45) is 0 Å². The molecule has 0 aliphatic rings. The molecule has 0 saturated carbocycles. The van der Waals surface area contributed by atoms with Gasteiger partial charge in [0.15, 0.2) is 0 Å². The van der Waals surface area contributed by atoms with Gasteiger partial charge in [-0.2, -0.15) is 0 Å². The highest BCUT2D eigenvalue weighted by molar-refractivity contribution is 9.10. The number of hydrogen-bond acceptors (Lipinski definition) is 2. The molecule has 0 atom stereocenters. The first-order chi connectivity index (χ1) is 9.33. The predicted octanol–water partition coefficient (Wildman–Crippen LogP) is 4.61. The Hall–Kier alpha value is -1.87. The third kappa shape index (κ3) is 2.76. The second kappa shape index (κ2) is 5.41. The second-order valence-electron chi connectivity index (χ2n) is 4.36. The average Bonchev–Trinajstić information content (AvgIpc) is 2.45. The Balaban J connectivity index is 1.86. The fourth-order valence-electron chi connectivity index (χ4n) is 2.09. The fourth-order valence-corrected chi connectivity index (χ4v) is 2.54. The maximum atomic E-state index is 4.44. The number of pyridine rings is 1. The van der Waals surface area contributed by atoms with Crippen molar-refractivity contribution in [2.75, 3.05) is 5.32 Å². The molecule has 1 heterocycles. The third-order valence-corrected chi connectivity index (χ3v) is 3.50. The molecule has 3 heteroatoms. The van der Waals surface area contributed by atoms with Gasteiger partial charge in [0.2, 0.25) is 0 Å². The van der Waals surface area contributed by atoms with Crippen LogP contribution in [0.2, 0.25) is 0 Å². The van der Waals surface area contributed by atoms with E-state index in [1.54, 1.807) is 0 Å². The van der Waals surface area contributed by atoms with Crippen LogP contribution >= 0.6 is 15.9 Å². The molecule has 0 amide bonds. The summed E-state index contributed by atoms with van der Waals surface area (Å²) in [4.78, 5) is 4.44. The van der Waals surface area contributed by atoms with Gasteiger partial charge >= 0.3 is 0 Å². The predicted molar refractivity (Wildman–Crippen MR) is 83.2 cm³/mol. The normalized spacial score (nSPS) is 10.6. The van der Waals surface area contributed by atoms with Gasteiger partial charge in [-0.1, -0.05) is 46.3 Å². The Kier molecular flexibility index (Phi) is 3.47. The summed E-state index contributed by atoms with van der Waals surface area (Å²) in [5.74, 6) is 0. The van der Waals surface area contributed by atoms with Crippen molar-refractivity contribution in [3.05, 3.63) is 70.8 Å². The summed E-state index contributed by atoms with van der Waals surface area (Å²) >= 11 is 3.49. The quantitative estimate of drug-likeness (QED) is 0.764. The largest absolute Gasteiger partial charge is 0.379 e. The van der Waals surface area contributed by atoms with Gasteiger partial charge < -0.3 is 5.32 Å². The van der Waals surface area contributed by atoms with Crippen molar-refractivity contribution < 1.29 is 0 Å². The van der Waals surface area contributed by atoms with E-state index in [1.807, 2.05) is 30.5 Å². The summed E-state index contributed by atoms with van der Waals surface area (Å²) in [5.41, 5.74) is 3.32. The van der Waals surface area contributed by atoms with Gasteiger partial charge in [0.05, 0.1) is 11.2 Å². The Morgan fingerprint density at radius 2 is 1.84 bits per heavy atom. The summed E-state index contributed by atoms with van der Waals surface area (Å²) < 4.78 is 1.10. The molecule has 2 aromatic carbocycles. The number of para-hydroxylation sites is 1. The third-order valence-electron chi connectivity index (χ3n) is 3.00. The van der Waals surface area contributed by atoms with Crippen LogP contribution in [0.5, 0.6) is 0 Å². The van der Waals surface area contributed by atoms with E-state index in [9.17, 15) is 0 Å². The molecule has 94 valence electrons. The maximum Gasteiger partial charge on any atom is 0.0933 e. The molecule has 0 aliphatic carbocycles. The lowest BCUT2D eigenvalue weighted by atomic mass is 10.1. The van der Waals surface area contributed by atoms with Crippen LogP contribution in [-0.4, -0.2) is 4.98 Å². The van der Waals surface area contributed by atoms with E-state index >= 15 is 0 Å². The molecule has 1 N–H and O–H groups in total. The van der Waals surface area contributed by atoms with Crippen molar-refractivity contribution >= 4 is 32.5 Å². The minimum atomic E-state index is 0.787. The number of aromatic nitrogens is 1. The zero-order valence-corrected chi connectivity index (χ0v) is 11.9. The molecule has 0 radical (unpaired) electrons. The molecule has 3 aromatic rings. The minimum Gasteiger partial charge on any atom is -0.379 e. The first-order valence-electron chi connectivity index (χ1n) is 6.15. The highest BCUT2D eigenvalue weighted by Crippen LogP contribution is 2.21. The molecule has 0 spiro atoms. The molecule has 2 nitrogen and oxygen atoms in total. The topological polar surface area (TPSA) is 24.9 Å². The molecule has 3 rings (SSSR count). The molecule has 0 unspecified atom stereocenters.